The molecule has 0 saturated heterocycles. The van der Waals surface area contributed by atoms with Gasteiger partial charge in [0.15, 0.2) is 5.78 Å². The Kier molecular flexibility index (Phi) is 6.28. The van der Waals surface area contributed by atoms with Gasteiger partial charge in [-0.05, 0) is 35.6 Å². The maximum absolute atomic E-state index is 12.3. The van der Waals surface area contributed by atoms with Gasteiger partial charge in [0, 0.05) is 5.92 Å². The molecule has 0 radical (unpaired) electrons. The number of Topliss-reactive ketones (excluding diaryl/α,β-unsaturated/α-hetero) is 1. The molecule has 0 aromatic heterocycles. The lowest BCUT2D eigenvalue weighted by atomic mass is 9.98. The summed E-state index contributed by atoms with van der Waals surface area (Å²) in [6.07, 6.45) is 3.19. The Morgan fingerprint density at radius 1 is 1.00 bits per heavy atom. The summed E-state index contributed by atoms with van der Waals surface area (Å²) in [5, 5.41) is 2.74. The number of hydrogen-bond acceptors (Lipinski definition) is 3. The molecule has 0 bridgehead atoms. The van der Waals surface area contributed by atoms with E-state index in [1.807, 2.05) is 24.3 Å². The van der Waals surface area contributed by atoms with Crippen LogP contribution in [0, 0.1) is 0 Å². The van der Waals surface area contributed by atoms with Crippen LogP contribution in [-0.4, -0.2) is 24.5 Å². The van der Waals surface area contributed by atoms with Crippen LogP contribution in [0.5, 0.6) is 0 Å². The summed E-state index contributed by atoms with van der Waals surface area (Å²) >= 11 is 0. The molecule has 27 heavy (non-hydrogen) atoms. The lowest BCUT2D eigenvalue weighted by Gasteiger charge is -2.18. The van der Waals surface area contributed by atoms with Gasteiger partial charge in [-0.25, -0.2) is 4.79 Å². The molecule has 1 atom stereocenters. The molecule has 0 fully saturated rings. The number of ketones is 1. The SMILES string of the molecule is CCCCC[C@H](NC(=O)OCC1c2ccccc2-c2ccccc21)C(C)=O. The quantitative estimate of drug-likeness (QED) is 0.665. The summed E-state index contributed by atoms with van der Waals surface area (Å²) in [5.41, 5.74) is 4.75. The molecule has 2 aromatic rings. The van der Waals surface area contributed by atoms with Gasteiger partial charge >= 0.3 is 6.09 Å². The topological polar surface area (TPSA) is 55.4 Å². The van der Waals surface area contributed by atoms with Crippen LogP contribution in [-0.2, 0) is 9.53 Å². The van der Waals surface area contributed by atoms with Crippen LogP contribution < -0.4 is 5.32 Å². The number of fused-ring (bicyclic) bond motifs is 3. The van der Waals surface area contributed by atoms with E-state index in [0.717, 1.165) is 19.3 Å². The first-order valence-electron chi connectivity index (χ1n) is 9.73. The first kappa shape index (κ1) is 19.2. The van der Waals surface area contributed by atoms with Crippen molar-refractivity contribution in [3.05, 3.63) is 59.7 Å². The van der Waals surface area contributed by atoms with Gasteiger partial charge in [-0.1, -0.05) is 74.7 Å². The number of benzene rings is 2. The summed E-state index contributed by atoms with van der Waals surface area (Å²) in [4.78, 5) is 24.1. The third kappa shape index (κ3) is 4.38. The molecular formula is C23H27NO3. The van der Waals surface area contributed by atoms with Gasteiger partial charge < -0.3 is 10.1 Å². The van der Waals surface area contributed by atoms with Gasteiger partial charge in [0.25, 0.3) is 0 Å². The van der Waals surface area contributed by atoms with Crippen LogP contribution in [0.1, 0.15) is 56.6 Å². The number of unbranched alkanes of at least 4 members (excludes halogenated alkanes) is 2. The minimum atomic E-state index is -0.520. The molecule has 0 saturated carbocycles. The molecule has 2 aromatic carbocycles. The smallest absolute Gasteiger partial charge is 0.407 e. The van der Waals surface area contributed by atoms with Gasteiger partial charge in [-0.3, -0.25) is 4.79 Å². The maximum atomic E-state index is 12.3. The normalized spacial score (nSPS) is 13.6. The second-order valence-electron chi connectivity index (χ2n) is 7.13. The van der Waals surface area contributed by atoms with E-state index in [1.54, 1.807) is 0 Å². The summed E-state index contributed by atoms with van der Waals surface area (Å²) in [6, 6.07) is 16.0. The van der Waals surface area contributed by atoms with Crippen LogP contribution in [0.3, 0.4) is 0 Å². The number of nitrogens with one attached hydrogen (secondary N) is 1. The van der Waals surface area contributed by atoms with Crippen LogP contribution in [0.2, 0.25) is 0 Å². The fraction of sp³-hybridized carbons (Fsp3) is 0.391. The first-order chi connectivity index (χ1) is 13.1. The average molecular weight is 365 g/mol. The number of rotatable bonds is 8. The van der Waals surface area contributed by atoms with E-state index in [0.29, 0.717) is 6.42 Å². The fourth-order valence-electron chi connectivity index (χ4n) is 3.76. The Morgan fingerprint density at radius 3 is 2.15 bits per heavy atom. The Hall–Kier alpha value is -2.62. The minimum Gasteiger partial charge on any atom is -0.449 e. The van der Waals surface area contributed by atoms with Crippen molar-refractivity contribution in [2.75, 3.05) is 6.61 Å². The van der Waals surface area contributed by atoms with E-state index in [2.05, 4.69) is 36.5 Å². The molecular weight excluding hydrogens is 338 g/mol. The maximum Gasteiger partial charge on any atom is 0.407 e. The molecule has 142 valence electrons. The number of carbonyl (C=O) groups is 2. The standard InChI is InChI=1S/C23H27NO3/c1-3-4-5-14-22(16(2)25)24-23(26)27-15-21-19-12-8-6-10-17(19)18-11-7-9-13-20(18)21/h6-13,21-22H,3-5,14-15H2,1-2H3,(H,24,26)/t22-/m0/s1. The molecule has 0 unspecified atom stereocenters. The second-order valence-corrected chi connectivity index (χ2v) is 7.13. The van der Waals surface area contributed by atoms with Crippen molar-refractivity contribution in [2.24, 2.45) is 0 Å². The van der Waals surface area contributed by atoms with Crippen molar-refractivity contribution >= 4 is 11.9 Å². The van der Waals surface area contributed by atoms with Crippen LogP contribution in [0.25, 0.3) is 11.1 Å². The van der Waals surface area contributed by atoms with Crippen molar-refractivity contribution in [1.29, 1.82) is 0 Å². The summed E-state index contributed by atoms with van der Waals surface area (Å²) < 4.78 is 5.52. The summed E-state index contributed by atoms with van der Waals surface area (Å²) in [5.74, 6) is -0.00127. The van der Waals surface area contributed by atoms with E-state index in [4.69, 9.17) is 4.74 Å². The van der Waals surface area contributed by atoms with Crippen LogP contribution >= 0.6 is 0 Å². The molecule has 1 amide bonds. The van der Waals surface area contributed by atoms with Gasteiger partial charge in [0.1, 0.15) is 6.61 Å². The van der Waals surface area contributed by atoms with Gasteiger partial charge in [-0.2, -0.15) is 0 Å². The number of alkyl carbamates (subject to hydrolysis) is 1. The second kappa shape index (κ2) is 8.85. The van der Waals surface area contributed by atoms with Crippen molar-refractivity contribution in [2.45, 2.75) is 51.5 Å². The predicted molar refractivity (Wildman–Crippen MR) is 107 cm³/mol. The molecule has 3 rings (SSSR count). The highest BCUT2D eigenvalue weighted by molar-refractivity contribution is 5.85. The molecule has 1 aliphatic rings. The first-order valence-corrected chi connectivity index (χ1v) is 9.73. The number of hydrogen-bond donors (Lipinski definition) is 1. The van der Waals surface area contributed by atoms with Crippen LogP contribution in [0.15, 0.2) is 48.5 Å². The number of ether oxygens (including phenoxy) is 1. The Balaban J connectivity index is 1.64. The largest absolute Gasteiger partial charge is 0.449 e. The van der Waals surface area contributed by atoms with Crippen molar-refractivity contribution in [3.63, 3.8) is 0 Å². The highest BCUT2D eigenvalue weighted by atomic mass is 16.5. The summed E-state index contributed by atoms with van der Waals surface area (Å²) in [6.45, 7) is 3.89. The summed E-state index contributed by atoms with van der Waals surface area (Å²) in [7, 11) is 0. The monoisotopic (exact) mass is 365 g/mol. The molecule has 0 spiro atoms. The number of amides is 1. The van der Waals surface area contributed by atoms with E-state index in [-0.39, 0.29) is 18.3 Å². The van der Waals surface area contributed by atoms with Gasteiger partial charge in [0.05, 0.1) is 6.04 Å². The molecule has 0 heterocycles. The third-order valence-electron chi connectivity index (χ3n) is 5.22. The lowest BCUT2D eigenvalue weighted by Crippen LogP contribution is -2.40. The van der Waals surface area contributed by atoms with Crippen LogP contribution in [0.4, 0.5) is 4.79 Å². The predicted octanol–water partition coefficient (Wildman–Crippen LogP) is 5.06. The van der Waals surface area contributed by atoms with E-state index < -0.39 is 12.1 Å². The Labute approximate surface area is 160 Å². The van der Waals surface area contributed by atoms with Gasteiger partial charge in [0.2, 0.25) is 0 Å². The lowest BCUT2D eigenvalue weighted by molar-refractivity contribution is -0.119. The number of carbonyl (C=O) groups excluding carboxylic acids is 2. The third-order valence-corrected chi connectivity index (χ3v) is 5.22. The zero-order chi connectivity index (χ0) is 19.2. The zero-order valence-corrected chi connectivity index (χ0v) is 16.0. The van der Waals surface area contributed by atoms with Crippen molar-refractivity contribution < 1.29 is 14.3 Å². The zero-order valence-electron chi connectivity index (χ0n) is 16.0. The highest BCUT2D eigenvalue weighted by Crippen LogP contribution is 2.44. The fourth-order valence-corrected chi connectivity index (χ4v) is 3.76. The minimum absolute atomic E-state index is 0.0269. The highest BCUT2D eigenvalue weighted by Gasteiger charge is 2.29. The molecule has 4 heteroatoms. The van der Waals surface area contributed by atoms with E-state index in [9.17, 15) is 9.59 Å². The van der Waals surface area contributed by atoms with Crippen molar-refractivity contribution in [1.82, 2.24) is 5.32 Å². The van der Waals surface area contributed by atoms with E-state index >= 15 is 0 Å². The van der Waals surface area contributed by atoms with Gasteiger partial charge in [-0.15, -0.1) is 0 Å². The molecule has 1 N–H and O–H groups in total. The Bertz CT molecular complexity index is 769. The Morgan fingerprint density at radius 2 is 1.59 bits per heavy atom. The molecule has 0 aliphatic heterocycles. The average Bonchev–Trinajstić information content (AvgIpc) is 2.99. The van der Waals surface area contributed by atoms with E-state index in [1.165, 1.54) is 29.2 Å². The molecule has 4 nitrogen and oxygen atoms in total. The molecule has 1 aliphatic carbocycles. The van der Waals surface area contributed by atoms with Crippen molar-refractivity contribution in [3.8, 4) is 11.1 Å².